The Morgan fingerprint density at radius 2 is 1.88 bits per heavy atom. The standard InChI is InChI=1S/C28H32N2O2S/c1-2-3-18-32-23-15-11-12-21(19-23)20-29-28-26(27(31)30-22-13-7-6-8-14-22)24-16-9-4-5-10-17-25(24)33-28/h6-8,11-15,19-20H,2-5,9-10,16-18H2,1H3,(H,30,31). The molecule has 1 amide bonds. The number of aryl methyl sites for hydroxylation is 1. The number of fused-ring (bicyclic) bond motifs is 1. The number of aliphatic imine (C=N–C) groups is 1. The zero-order valence-corrected chi connectivity index (χ0v) is 20.1. The van der Waals surface area contributed by atoms with Crippen LogP contribution >= 0.6 is 11.3 Å². The van der Waals surface area contributed by atoms with E-state index in [-0.39, 0.29) is 5.91 Å². The van der Waals surface area contributed by atoms with Gasteiger partial charge in [-0.3, -0.25) is 4.79 Å². The molecule has 4 rings (SSSR count). The van der Waals surface area contributed by atoms with Crippen molar-refractivity contribution in [2.75, 3.05) is 11.9 Å². The molecule has 3 aromatic rings. The van der Waals surface area contributed by atoms with Crippen molar-refractivity contribution in [2.24, 2.45) is 4.99 Å². The fourth-order valence-corrected chi connectivity index (χ4v) is 5.33. The zero-order chi connectivity index (χ0) is 22.9. The number of nitrogens with zero attached hydrogens (tertiary/aromatic N) is 1. The van der Waals surface area contributed by atoms with Crippen LogP contribution in [0.15, 0.2) is 59.6 Å². The summed E-state index contributed by atoms with van der Waals surface area (Å²) < 4.78 is 5.84. The summed E-state index contributed by atoms with van der Waals surface area (Å²) in [5, 5.41) is 3.88. The van der Waals surface area contributed by atoms with E-state index in [1.807, 2.05) is 60.8 Å². The summed E-state index contributed by atoms with van der Waals surface area (Å²) in [4.78, 5) is 19.5. The van der Waals surface area contributed by atoms with E-state index in [4.69, 9.17) is 9.73 Å². The Kier molecular flexibility index (Phi) is 8.31. The number of benzene rings is 2. The first kappa shape index (κ1) is 23.2. The third kappa shape index (κ3) is 6.32. The van der Waals surface area contributed by atoms with Crippen LogP contribution in [-0.2, 0) is 12.8 Å². The Labute approximate surface area is 200 Å². The van der Waals surface area contributed by atoms with Crippen molar-refractivity contribution in [2.45, 2.75) is 58.3 Å². The first-order valence-electron chi connectivity index (χ1n) is 12.0. The lowest BCUT2D eigenvalue weighted by Gasteiger charge is -2.12. The molecule has 0 bridgehead atoms. The van der Waals surface area contributed by atoms with Gasteiger partial charge in [0, 0.05) is 16.8 Å². The average Bonchev–Trinajstić information content (AvgIpc) is 3.15. The summed E-state index contributed by atoms with van der Waals surface area (Å²) in [6.07, 6.45) is 10.7. The van der Waals surface area contributed by atoms with E-state index >= 15 is 0 Å². The van der Waals surface area contributed by atoms with Crippen LogP contribution in [0.25, 0.3) is 0 Å². The lowest BCUT2D eigenvalue weighted by Crippen LogP contribution is -2.14. The van der Waals surface area contributed by atoms with E-state index in [9.17, 15) is 4.79 Å². The highest BCUT2D eigenvalue weighted by Gasteiger charge is 2.24. The Bertz CT molecular complexity index is 1090. The van der Waals surface area contributed by atoms with Gasteiger partial charge in [-0.05, 0) is 67.5 Å². The van der Waals surface area contributed by atoms with Crippen LogP contribution in [-0.4, -0.2) is 18.7 Å². The second-order valence-electron chi connectivity index (χ2n) is 8.45. The summed E-state index contributed by atoms with van der Waals surface area (Å²) in [5.41, 5.74) is 3.71. The molecule has 33 heavy (non-hydrogen) atoms. The van der Waals surface area contributed by atoms with Crippen LogP contribution in [0.1, 0.15) is 71.8 Å². The SMILES string of the molecule is CCCCOc1cccc(C=Nc2sc3c(c2C(=O)Nc2ccccc2)CCCCCC3)c1. The summed E-state index contributed by atoms with van der Waals surface area (Å²) in [6.45, 7) is 2.88. The van der Waals surface area contributed by atoms with Gasteiger partial charge in [0.05, 0.1) is 12.2 Å². The Morgan fingerprint density at radius 3 is 2.70 bits per heavy atom. The molecule has 1 N–H and O–H groups in total. The maximum Gasteiger partial charge on any atom is 0.259 e. The van der Waals surface area contributed by atoms with Gasteiger partial charge in [0.25, 0.3) is 5.91 Å². The number of carbonyl (C=O) groups is 1. The minimum absolute atomic E-state index is 0.0666. The summed E-state index contributed by atoms with van der Waals surface area (Å²) in [6, 6.07) is 17.6. The van der Waals surface area contributed by atoms with E-state index in [0.717, 1.165) is 66.3 Å². The highest BCUT2D eigenvalue weighted by Crippen LogP contribution is 2.39. The van der Waals surface area contributed by atoms with Gasteiger partial charge in [-0.1, -0.05) is 56.5 Å². The van der Waals surface area contributed by atoms with Gasteiger partial charge < -0.3 is 10.1 Å². The summed E-state index contributed by atoms with van der Waals surface area (Å²) in [7, 11) is 0. The number of thiophene rings is 1. The number of para-hydroxylation sites is 1. The molecule has 0 saturated heterocycles. The van der Waals surface area contributed by atoms with Gasteiger partial charge in [-0.25, -0.2) is 4.99 Å². The minimum atomic E-state index is -0.0666. The van der Waals surface area contributed by atoms with Crippen LogP contribution in [0.5, 0.6) is 5.75 Å². The molecule has 172 valence electrons. The molecular formula is C28H32N2O2S. The first-order chi connectivity index (χ1) is 16.2. The number of nitrogens with one attached hydrogen (secondary N) is 1. The number of amides is 1. The molecule has 0 radical (unpaired) electrons. The van der Waals surface area contributed by atoms with Crippen molar-refractivity contribution in [1.82, 2.24) is 0 Å². The van der Waals surface area contributed by atoms with E-state index in [2.05, 4.69) is 12.2 Å². The molecule has 2 aromatic carbocycles. The van der Waals surface area contributed by atoms with Gasteiger partial charge in [-0.15, -0.1) is 11.3 Å². The predicted octanol–water partition coefficient (Wildman–Crippen LogP) is 7.59. The van der Waals surface area contributed by atoms with Gasteiger partial charge in [0.2, 0.25) is 0 Å². The highest BCUT2D eigenvalue weighted by molar-refractivity contribution is 7.16. The molecule has 5 heteroatoms. The van der Waals surface area contributed by atoms with Gasteiger partial charge in [-0.2, -0.15) is 0 Å². The van der Waals surface area contributed by atoms with E-state index < -0.39 is 0 Å². The normalized spacial score (nSPS) is 13.8. The summed E-state index contributed by atoms with van der Waals surface area (Å²) in [5.74, 6) is 0.788. The van der Waals surface area contributed by atoms with E-state index in [0.29, 0.717) is 0 Å². The first-order valence-corrected chi connectivity index (χ1v) is 12.8. The lowest BCUT2D eigenvalue weighted by molar-refractivity contribution is 0.102. The second kappa shape index (κ2) is 11.8. The van der Waals surface area contributed by atoms with Gasteiger partial charge in [0.1, 0.15) is 10.8 Å². The predicted molar refractivity (Wildman–Crippen MR) is 139 cm³/mol. The fourth-order valence-electron chi connectivity index (χ4n) is 4.10. The number of hydrogen-bond acceptors (Lipinski definition) is 4. The van der Waals surface area contributed by atoms with Crippen molar-refractivity contribution < 1.29 is 9.53 Å². The smallest absolute Gasteiger partial charge is 0.259 e. The quantitative estimate of drug-likeness (QED) is 0.278. The number of carbonyl (C=O) groups excluding carboxylic acids is 1. The lowest BCUT2D eigenvalue weighted by atomic mass is 9.96. The molecule has 0 unspecified atom stereocenters. The van der Waals surface area contributed by atoms with Crippen LogP contribution in [0, 0.1) is 0 Å². The van der Waals surface area contributed by atoms with Crippen LogP contribution < -0.4 is 10.1 Å². The molecule has 4 nitrogen and oxygen atoms in total. The largest absolute Gasteiger partial charge is 0.494 e. The highest BCUT2D eigenvalue weighted by atomic mass is 32.1. The monoisotopic (exact) mass is 460 g/mol. The number of unbranched alkanes of at least 4 members (excludes halogenated alkanes) is 1. The van der Waals surface area contributed by atoms with Gasteiger partial charge in [0.15, 0.2) is 0 Å². The molecule has 0 spiro atoms. The Morgan fingerprint density at radius 1 is 1.06 bits per heavy atom. The van der Waals surface area contributed by atoms with Crippen molar-refractivity contribution >= 4 is 34.1 Å². The topological polar surface area (TPSA) is 50.7 Å². The maximum absolute atomic E-state index is 13.4. The van der Waals surface area contributed by atoms with Crippen LogP contribution in [0.4, 0.5) is 10.7 Å². The van der Waals surface area contributed by atoms with Crippen molar-refractivity contribution in [3.63, 3.8) is 0 Å². The average molecular weight is 461 g/mol. The number of rotatable bonds is 8. The Balaban J connectivity index is 1.62. The van der Waals surface area contributed by atoms with E-state index in [1.165, 1.54) is 29.7 Å². The van der Waals surface area contributed by atoms with Gasteiger partial charge >= 0.3 is 0 Å². The molecule has 0 atom stereocenters. The third-order valence-corrected chi connectivity index (χ3v) is 7.07. The molecule has 1 heterocycles. The Hall–Kier alpha value is -2.92. The summed E-state index contributed by atoms with van der Waals surface area (Å²) >= 11 is 1.67. The molecule has 0 aliphatic heterocycles. The molecule has 0 fully saturated rings. The van der Waals surface area contributed by atoms with Crippen LogP contribution in [0.2, 0.25) is 0 Å². The second-order valence-corrected chi connectivity index (χ2v) is 9.53. The molecule has 1 aromatic heterocycles. The fraction of sp³-hybridized carbons (Fsp3) is 0.357. The zero-order valence-electron chi connectivity index (χ0n) is 19.3. The van der Waals surface area contributed by atoms with E-state index in [1.54, 1.807) is 11.3 Å². The molecule has 0 saturated carbocycles. The van der Waals surface area contributed by atoms with Crippen molar-refractivity contribution in [3.05, 3.63) is 76.2 Å². The third-order valence-electron chi connectivity index (χ3n) is 5.87. The maximum atomic E-state index is 13.4. The molecular weight excluding hydrogens is 428 g/mol. The minimum Gasteiger partial charge on any atom is -0.494 e. The van der Waals surface area contributed by atoms with Crippen LogP contribution in [0.3, 0.4) is 0 Å². The number of ether oxygens (including phenoxy) is 1. The molecule has 1 aliphatic carbocycles. The number of anilines is 1. The number of hydrogen-bond donors (Lipinski definition) is 1. The van der Waals surface area contributed by atoms with Crippen molar-refractivity contribution in [1.29, 1.82) is 0 Å². The molecule has 1 aliphatic rings. The van der Waals surface area contributed by atoms with Crippen molar-refractivity contribution in [3.8, 4) is 5.75 Å².